The van der Waals surface area contributed by atoms with Crippen LogP contribution in [0.2, 0.25) is 10.0 Å². The first kappa shape index (κ1) is 22.7. The van der Waals surface area contributed by atoms with Gasteiger partial charge in [0.15, 0.2) is 0 Å². The zero-order valence-electron chi connectivity index (χ0n) is 17.6. The van der Waals surface area contributed by atoms with Crippen molar-refractivity contribution in [2.24, 2.45) is 5.92 Å². The van der Waals surface area contributed by atoms with Crippen LogP contribution in [0.15, 0.2) is 72.8 Å². The maximum atomic E-state index is 11.5. The lowest BCUT2D eigenvalue weighted by molar-refractivity contribution is -0.143. The molecule has 4 nitrogen and oxygen atoms in total. The van der Waals surface area contributed by atoms with E-state index in [2.05, 4.69) is 4.90 Å². The second-order valence-corrected chi connectivity index (χ2v) is 8.79. The average Bonchev–Trinajstić information content (AvgIpc) is 2.82. The van der Waals surface area contributed by atoms with Gasteiger partial charge in [0.05, 0.1) is 22.0 Å². The minimum absolute atomic E-state index is 0.192. The van der Waals surface area contributed by atoms with Crippen molar-refractivity contribution in [3.05, 3.63) is 99.5 Å². The molecule has 1 N–H and O–H groups in total. The molecule has 0 radical (unpaired) electrons. The zero-order valence-corrected chi connectivity index (χ0v) is 19.1. The summed E-state index contributed by atoms with van der Waals surface area (Å²) in [5.74, 6) is -0.266. The van der Waals surface area contributed by atoms with Crippen molar-refractivity contribution in [3.63, 3.8) is 0 Å². The highest BCUT2D eigenvalue weighted by atomic mass is 35.5. The quantitative estimate of drug-likeness (QED) is 0.431. The lowest BCUT2D eigenvalue weighted by Crippen LogP contribution is -2.39. The topological polar surface area (TPSA) is 49.8 Å². The number of carboxylic acid groups (broad SMARTS) is 1. The van der Waals surface area contributed by atoms with Gasteiger partial charge in [-0.15, -0.1) is 0 Å². The molecule has 32 heavy (non-hydrogen) atoms. The van der Waals surface area contributed by atoms with Gasteiger partial charge in [-0.05, 0) is 49.2 Å². The van der Waals surface area contributed by atoms with Crippen LogP contribution in [0.4, 0.5) is 0 Å². The Morgan fingerprint density at radius 2 is 1.59 bits per heavy atom. The van der Waals surface area contributed by atoms with E-state index in [0.717, 1.165) is 22.4 Å². The second-order valence-electron chi connectivity index (χ2n) is 8.01. The highest BCUT2D eigenvalue weighted by Crippen LogP contribution is 2.41. The lowest BCUT2D eigenvalue weighted by Gasteiger charge is -2.38. The summed E-state index contributed by atoms with van der Waals surface area (Å²) in [4.78, 5) is 13.7. The fourth-order valence-electron chi connectivity index (χ4n) is 4.27. The molecule has 0 amide bonds. The Morgan fingerprint density at radius 3 is 2.31 bits per heavy atom. The Bertz CT molecular complexity index is 1070. The van der Waals surface area contributed by atoms with Crippen molar-refractivity contribution >= 4 is 29.2 Å². The van der Waals surface area contributed by atoms with Gasteiger partial charge in [0.1, 0.15) is 12.4 Å². The Labute approximate surface area is 198 Å². The average molecular weight is 470 g/mol. The number of carboxylic acids is 1. The third-order valence-corrected chi connectivity index (χ3v) is 6.80. The summed E-state index contributed by atoms with van der Waals surface area (Å²) in [5.41, 5.74) is 2.96. The summed E-state index contributed by atoms with van der Waals surface area (Å²) in [5, 5.41) is 10.4. The highest BCUT2D eigenvalue weighted by Gasteiger charge is 2.32. The number of hydrogen-bond donors (Lipinski definition) is 1. The van der Waals surface area contributed by atoms with Gasteiger partial charge in [0.25, 0.3) is 0 Å². The van der Waals surface area contributed by atoms with Crippen molar-refractivity contribution < 1.29 is 14.6 Å². The first-order valence-corrected chi connectivity index (χ1v) is 11.5. The van der Waals surface area contributed by atoms with E-state index in [0.29, 0.717) is 42.6 Å². The van der Waals surface area contributed by atoms with Crippen LogP contribution in [0.1, 0.15) is 35.6 Å². The van der Waals surface area contributed by atoms with Crippen molar-refractivity contribution in [1.29, 1.82) is 0 Å². The lowest BCUT2D eigenvalue weighted by atomic mass is 9.91. The van der Waals surface area contributed by atoms with Crippen LogP contribution < -0.4 is 4.74 Å². The highest BCUT2D eigenvalue weighted by molar-refractivity contribution is 6.42. The van der Waals surface area contributed by atoms with Crippen LogP contribution >= 0.6 is 23.2 Å². The fourth-order valence-corrected chi connectivity index (χ4v) is 4.68. The zero-order chi connectivity index (χ0) is 22.5. The predicted octanol–water partition coefficient (Wildman–Crippen LogP) is 6.46. The number of nitrogens with zero attached hydrogens (tertiary/aromatic N) is 1. The Hall–Kier alpha value is -2.53. The fraction of sp³-hybridized carbons (Fsp3) is 0.269. The molecule has 0 aromatic heterocycles. The number of aliphatic carboxylic acids is 1. The molecular weight excluding hydrogens is 445 g/mol. The molecule has 1 fully saturated rings. The minimum atomic E-state index is -0.728. The molecule has 1 aliphatic rings. The van der Waals surface area contributed by atoms with E-state index >= 15 is 0 Å². The molecule has 1 saturated heterocycles. The Balaban J connectivity index is 1.69. The van der Waals surface area contributed by atoms with Crippen molar-refractivity contribution in [2.75, 3.05) is 13.1 Å². The third-order valence-electron chi connectivity index (χ3n) is 5.97. The molecule has 0 saturated carbocycles. The van der Waals surface area contributed by atoms with Gasteiger partial charge in [-0.3, -0.25) is 9.69 Å². The number of benzene rings is 3. The van der Waals surface area contributed by atoms with Gasteiger partial charge >= 0.3 is 5.97 Å². The van der Waals surface area contributed by atoms with E-state index in [4.69, 9.17) is 27.9 Å². The number of ether oxygens (including phenoxy) is 1. The summed E-state index contributed by atoms with van der Waals surface area (Å²) in [6.45, 7) is 1.75. The first-order valence-electron chi connectivity index (χ1n) is 10.7. The van der Waals surface area contributed by atoms with Gasteiger partial charge in [0.2, 0.25) is 0 Å². The molecule has 1 aliphatic heterocycles. The number of likely N-dealkylation sites (tertiary alicyclic amines) is 1. The molecule has 3 aromatic rings. The van der Waals surface area contributed by atoms with Gasteiger partial charge in [-0.25, -0.2) is 0 Å². The van der Waals surface area contributed by atoms with E-state index in [1.165, 1.54) is 0 Å². The van der Waals surface area contributed by atoms with E-state index < -0.39 is 5.97 Å². The molecule has 166 valence electrons. The number of para-hydroxylation sites is 1. The smallest absolute Gasteiger partial charge is 0.306 e. The monoisotopic (exact) mass is 469 g/mol. The number of rotatable bonds is 7. The largest absolute Gasteiger partial charge is 0.489 e. The number of piperidine rings is 1. The summed E-state index contributed by atoms with van der Waals surface area (Å²) < 4.78 is 6.25. The molecule has 4 rings (SSSR count). The molecule has 1 heterocycles. The van der Waals surface area contributed by atoms with Crippen molar-refractivity contribution in [2.45, 2.75) is 25.5 Å². The third kappa shape index (κ3) is 5.09. The number of carbonyl (C=O) groups is 1. The summed E-state index contributed by atoms with van der Waals surface area (Å²) in [6.07, 6.45) is 1.19. The van der Waals surface area contributed by atoms with Crippen LogP contribution in [-0.4, -0.2) is 29.1 Å². The minimum Gasteiger partial charge on any atom is -0.489 e. The van der Waals surface area contributed by atoms with E-state index in [1.54, 1.807) is 6.07 Å². The molecule has 0 bridgehead atoms. The Morgan fingerprint density at radius 1 is 0.938 bits per heavy atom. The second kappa shape index (κ2) is 10.4. The van der Waals surface area contributed by atoms with Gasteiger partial charge in [-0.1, -0.05) is 83.9 Å². The van der Waals surface area contributed by atoms with Crippen LogP contribution in [0, 0.1) is 5.92 Å². The summed E-state index contributed by atoms with van der Waals surface area (Å²) in [6, 6.07) is 23.4. The predicted molar refractivity (Wildman–Crippen MR) is 127 cm³/mol. The van der Waals surface area contributed by atoms with Crippen LogP contribution in [0.25, 0.3) is 0 Å². The van der Waals surface area contributed by atoms with Crippen LogP contribution in [0.3, 0.4) is 0 Å². The maximum Gasteiger partial charge on any atom is 0.306 e. The standard InChI is InChI=1S/C26H25Cl2NO3/c27-22-11-6-10-21(24(22)28)25(29-15-13-19(14-16-29)26(30)31)20-9-4-5-12-23(20)32-17-18-7-2-1-3-8-18/h1-12,19,25H,13-17H2,(H,30,31). The maximum absolute atomic E-state index is 11.5. The molecule has 3 aromatic carbocycles. The van der Waals surface area contributed by atoms with Gasteiger partial charge in [-0.2, -0.15) is 0 Å². The molecular formula is C26H25Cl2NO3. The molecule has 0 aliphatic carbocycles. The van der Waals surface area contributed by atoms with Gasteiger partial charge in [0, 0.05) is 5.56 Å². The Kier molecular flexibility index (Phi) is 7.36. The van der Waals surface area contributed by atoms with Crippen molar-refractivity contribution in [1.82, 2.24) is 4.90 Å². The van der Waals surface area contributed by atoms with E-state index in [-0.39, 0.29) is 12.0 Å². The van der Waals surface area contributed by atoms with Crippen LogP contribution in [0.5, 0.6) is 5.75 Å². The summed E-state index contributed by atoms with van der Waals surface area (Å²) >= 11 is 13.0. The number of halogens is 2. The first-order chi connectivity index (χ1) is 15.5. The summed E-state index contributed by atoms with van der Waals surface area (Å²) in [7, 11) is 0. The molecule has 0 spiro atoms. The normalized spacial score (nSPS) is 15.9. The van der Waals surface area contributed by atoms with Gasteiger partial charge < -0.3 is 9.84 Å². The van der Waals surface area contributed by atoms with Crippen molar-refractivity contribution in [3.8, 4) is 5.75 Å². The molecule has 1 unspecified atom stereocenters. The molecule has 6 heteroatoms. The van der Waals surface area contributed by atoms with E-state index in [9.17, 15) is 9.90 Å². The number of hydrogen-bond acceptors (Lipinski definition) is 3. The van der Waals surface area contributed by atoms with Crippen LogP contribution in [-0.2, 0) is 11.4 Å². The van der Waals surface area contributed by atoms with E-state index in [1.807, 2.05) is 66.7 Å². The molecule has 1 atom stereocenters. The SMILES string of the molecule is O=C(O)C1CCN(C(c2ccccc2OCc2ccccc2)c2cccc(Cl)c2Cl)CC1.